The van der Waals surface area contributed by atoms with Crippen LogP contribution in [0.5, 0.6) is 0 Å². The Balaban J connectivity index is 1.59. The van der Waals surface area contributed by atoms with Gasteiger partial charge in [-0.05, 0) is 36.5 Å². The first-order chi connectivity index (χ1) is 13.5. The zero-order valence-corrected chi connectivity index (χ0v) is 16.1. The van der Waals surface area contributed by atoms with E-state index in [9.17, 15) is 30.8 Å². The van der Waals surface area contributed by atoms with E-state index in [1.54, 1.807) is 0 Å². The average molecular weight is 433 g/mol. The van der Waals surface area contributed by atoms with Crippen molar-refractivity contribution in [2.45, 2.75) is 25.6 Å². The first-order valence-corrected chi connectivity index (χ1v) is 10.7. The summed E-state index contributed by atoms with van der Waals surface area (Å²) in [7, 11) is -2.97. The number of hydrogen-bond acceptors (Lipinski definition) is 4. The number of carbonyl (C=O) groups is 1. The Morgan fingerprint density at radius 1 is 1.24 bits per heavy atom. The molecule has 1 N–H and O–H groups in total. The summed E-state index contributed by atoms with van der Waals surface area (Å²) in [6.45, 7) is 0.318. The minimum absolute atomic E-state index is 0.00980. The molecule has 0 spiro atoms. The van der Waals surface area contributed by atoms with E-state index in [1.165, 1.54) is 23.2 Å². The summed E-state index contributed by atoms with van der Waals surface area (Å²) in [4.78, 5) is 16.2. The number of nitrogens with zero attached hydrogens (tertiary/aromatic N) is 2. The fourth-order valence-electron chi connectivity index (χ4n) is 3.13. The Kier molecular flexibility index (Phi) is 5.97. The second kappa shape index (κ2) is 8.13. The van der Waals surface area contributed by atoms with Crippen molar-refractivity contribution in [2.75, 3.05) is 18.1 Å². The lowest BCUT2D eigenvalue weighted by atomic mass is 10.0. The molecule has 2 heterocycles. The Bertz CT molecular complexity index is 988. The van der Waals surface area contributed by atoms with Gasteiger partial charge in [0.05, 0.1) is 23.4 Å². The summed E-state index contributed by atoms with van der Waals surface area (Å²) < 4.78 is 76.1. The molecule has 3 rings (SSSR count). The molecule has 2 aromatic rings. The summed E-state index contributed by atoms with van der Waals surface area (Å²) in [6, 6.07) is 2.72. The number of hydrogen-bond donors (Lipinski definition) is 1. The zero-order valence-electron chi connectivity index (χ0n) is 15.2. The Morgan fingerprint density at radius 2 is 1.93 bits per heavy atom. The number of halogens is 4. The Morgan fingerprint density at radius 3 is 2.59 bits per heavy atom. The summed E-state index contributed by atoms with van der Waals surface area (Å²) >= 11 is 0. The maximum absolute atomic E-state index is 13.4. The van der Waals surface area contributed by atoms with Gasteiger partial charge in [-0.15, -0.1) is 0 Å². The van der Waals surface area contributed by atoms with Gasteiger partial charge in [0.15, 0.2) is 0 Å². The molecule has 1 amide bonds. The second-order valence-corrected chi connectivity index (χ2v) is 9.35. The third-order valence-electron chi connectivity index (χ3n) is 4.79. The van der Waals surface area contributed by atoms with Gasteiger partial charge in [0, 0.05) is 19.3 Å². The SMILES string of the molecule is O=C(NCC1CCS(=O)(=O)CC1)c1cn(Cc2ccc(F)c(C(F)(F)F)c2)cn1. The van der Waals surface area contributed by atoms with Crippen molar-refractivity contribution in [3.63, 3.8) is 0 Å². The largest absolute Gasteiger partial charge is 0.419 e. The van der Waals surface area contributed by atoms with Crippen molar-refractivity contribution in [2.24, 2.45) is 5.92 Å². The lowest BCUT2D eigenvalue weighted by molar-refractivity contribution is -0.140. The van der Waals surface area contributed by atoms with Gasteiger partial charge in [-0.1, -0.05) is 6.07 Å². The molecule has 11 heteroatoms. The lowest BCUT2D eigenvalue weighted by Crippen LogP contribution is -2.34. The van der Waals surface area contributed by atoms with E-state index in [0.29, 0.717) is 19.4 Å². The number of carbonyl (C=O) groups excluding carboxylic acids is 1. The van der Waals surface area contributed by atoms with Gasteiger partial charge in [0.2, 0.25) is 0 Å². The number of aromatic nitrogens is 2. The van der Waals surface area contributed by atoms with Gasteiger partial charge in [-0.3, -0.25) is 4.79 Å². The molecule has 1 fully saturated rings. The number of rotatable bonds is 5. The number of amides is 1. The van der Waals surface area contributed by atoms with Crippen molar-refractivity contribution in [1.29, 1.82) is 0 Å². The minimum atomic E-state index is -4.79. The van der Waals surface area contributed by atoms with Gasteiger partial charge in [0.1, 0.15) is 21.3 Å². The van der Waals surface area contributed by atoms with Crippen molar-refractivity contribution in [1.82, 2.24) is 14.9 Å². The highest BCUT2D eigenvalue weighted by Crippen LogP contribution is 2.32. The Labute approximate surface area is 164 Å². The standard InChI is InChI=1S/C18H19F4N3O3S/c19-15-2-1-13(7-14(15)18(20,21)22)9-25-10-16(24-11-25)17(26)23-8-12-3-5-29(27,28)6-4-12/h1-2,7,10-12H,3-6,8-9H2,(H,23,26). The summed E-state index contributed by atoms with van der Waals surface area (Å²) in [5.74, 6) is -1.50. The van der Waals surface area contributed by atoms with E-state index in [1.807, 2.05) is 0 Å². The van der Waals surface area contributed by atoms with Crippen LogP contribution in [0.2, 0.25) is 0 Å². The van der Waals surface area contributed by atoms with Crippen LogP contribution >= 0.6 is 0 Å². The smallest absolute Gasteiger partial charge is 0.350 e. The molecule has 1 saturated heterocycles. The topological polar surface area (TPSA) is 81.1 Å². The number of sulfone groups is 1. The molecule has 0 aliphatic carbocycles. The third-order valence-corrected chi connectivity index (χ3v) is 6.51. The van der Waals surface area contributed by atoms with E-state index in [2.05, 4.69) is 10.3 Å². The highest BCUT2D eigenvalue weighted by molar-refractivity contribution is 7.91. The molecule has 1 aromatic carbocycles. The van der Waals surface area contributed by atoms with E-state index < -0.39 is 33.3 Å². The molecule has 0 radical (unpaired) electrons. The normalized spacial score (nSPS) is 17.2. The highest BCUT2D eigenvalue weighted by atomic mass is 32.2. The quantitative estimate of drug-likeness (QED) is 0.736. The zero-order chi connectivity index (χ0) is 21.2. The van der Waals surface area contributed by atoms with Crippen molar-refractivity contribution < 1.29 is 30.8 Å². The van der Waals surface area contributed by atoms with Crippen LogP contribution in [-0.4, -0.2) is 41.9 Å². The van der Waals surface area contributed by atoms with E-state index in [4.69, 9.17) is 0 Å². The van der Waals surface area contributed by atoms with Gasteiger partial charge >= 0.3 is 6.18 Å². The monoisotopic (exact) mass is 433 g/mol. The van der Waals surface area contributed by atoms with Crippen molar-refractivity contribution in [3.05, 3.63) is 53.4 Å². The van der Waals surface area contributed by atoms with Crippen LogP contribution < -0.4 is 5.32 Å². The molecule has 1 aliphatic heterocycles. The molecule has 6 nitrogen and oxygen atoms in total. The molecular weight excluding hydrogens is 414 g/mol. The summed E-state index contributed by atoms with van der Waals surface area (Å²) in [5, 5.41) is 2.70. The van der Waals surface area contributed by atoms with Crippen molar-refractivity contribution >= 4 is 15.7 Å². The van der Waals surface area contributed by atoms with Gasteiger partial charge in [-0.25, -0.2) is 17.8 Å². The van der Waals surface area contributed by atoms with E-state index >= 15 is 0 Å². The number of alkyl halides is 3. The predicted octanol–water partition coefficient (Wildman–Crippen LogP) is 2.64. The summed E-state index contributed by atoms with van der Waals surface area (Å²) in [6.07, 6.45) is -1.12. The molecule has 0 atom stereocenters. The van der Waals surface area contributed by atoms with Crippen LogP contribution in [0.1, 0.15) is 34.5 Å². The van der Waals surface area contributed by atoms with Crippen LogP contribution in [0.25, 0.3) is 0 Å². The van der Waals surface area contributed by atoms with Crippen LogP contribution in [0.4, 0.5) is 17.6 Å². The van der Waals surface area contributed by atoms with Crippen LogP contribution in [0, 0.1) is 11.7 Å². The van der Waals surface area contributed by atoms with Crippen LogP contribution in [0.3, 0.4) is 0 Å². The van der Waals surface area contributed by atoms with Gasteiger partial charge < -0.3 is 9.88 Å². The second-order valence-electron chi connectivity index (χ2n) is 7.05. The third kappa shape index (κ3) is 5.55. The van der Waals surface area contributed by atoms with E-state index in [-0.39, 0.29) is 35.2 Å². The molecular formula is C18H19F4N3O3S. The number of imidazole rings is 1. The van der Waals surface area contributed by atoms with Crippen molar-refractivity contribution in [3.8, 4) is 0 Å². The first-order valence-electron chi connectivity index (χ1n) is 8.89. The molecule has 29 heavy (non-hydrogen) atoms. The van der Waals surface area contributed by atoms with E-state index in [0.717, 1.165) is 12.1 Å². The van der Waals surface area contributed by atoms with Crippen LogP contribution in [0.15, 0.2) is 30.7 Å². The fraction of sp³-hybridized carbons (Fsp3) is 0.444. The molecule has 0 bridgehead atoms. The first kappa shape index (κ1) is 21.3. The van der Waals surface area contributed by atoms with Gasteiger partial charge in [-0.2, -0.15) is 13.2 Å². The molecule has 1 aromatic heterocycles. The number of benzene rings is 1. The van der Waals surface area contributed by atoms with Crippen LogP contribution in [-0.2, 0) is 22.6 Å². The summed E-state index contributed by atoms with van der Waals surface area (Å²) in [5.41, 5.74) is -1.04. The molecule has 158 valence electrons. The minimum Gasteiger partial charge on any atom is -0.350 e. The maximum atomic E-state index is 13.4. The maximum Gasteiger partial charge on any atom is 0.419 e. The number of nitrogens with one attached hydrogen (secondary N) is 1. The molecule has 0 unspecified atom stereocenters. The molecule has 0 saturated carbocycles. The van der Waals surface area contributed by atoms with Gasteiger partial charge in [0.25, 0.3) is 5.91 Å². The highest BCUT2D eigenvalue weighted by Gasteiger charge is 2.34. The average Bonchev–Trinajstić information content (AvgIpc) is 3.10. The predicted molar refractivity (Wildman–Crippen MR) is 96.4 cm³/mol. The fourth-order valence-corrected chi connectivity index (χ4v) is 4.72. The molecule has 1 aliphatic rings. The lowest BCUT2D eigenvalue weighted by Gasteiger charge is -2.21. The Hall–Kier alpha value is -2.43.